The van der Waals surface area contributed by atoms with E-state index >= 15 is 0 Å². The second kappa shape index (κ2) is 22.9. The maximum Gasteiger partial charge on any atom is 0.233 e. The molecule has 0 aromatic heterocycles. The molecular weight excluding hydrogens is 755 g/mol. The molecule has 2 aromatic carbocycles. The van der Waals surface area contributed by atoms with Gasteiger partial charge in [0.25, 0.3) is 0 Å². The highest BCUT2D eigenvalue weighted by Gasteiger charge is 2.56. The quantitative estimate of drug-likeness (QED) is 0.0735. The molecule has 0 spiro atoms. The minimum atomic E-state index is -0.604. The van der Waals surface area contributed by atoms with Crippen molar-refractivity contribution in [2.24, 2.45) is 23.7 Å². The van der Waals surface area contributed by atoms with E-state index in [9.17, 15) is 19.2 Å². The van der Waals surface area contributed by atoms with Crippen molar-refractivity contribution in [3.05, 3.63) is 71.8 Å². The van der Waals surface area contributed by atoms with Crippen molar-refractivity contribution < 1.29 is 19.2 Å². The van der Waals surface area contributed by atoms with Crippen LogP contribution in [0.5, 0.6) is 0 Å². The fourth-order valence-corrected chi connectivity index (χ4v) is 11.4. The number of carbonyl (C=O) groups is 4. The summed E-state index contributed by atoms with van der Waals surface area (Å²) in [5.74, 6) is -2.88. The number of carbonyl (C=O) groups excluding carboxylic acids is 4. The molecular formula is C54H83N3O4. The van der Waals surface area contributed by atoms with Crippen LogP contribution < -0.4 is 0 Å². The minimum Gasteiger partial charge on any atom is -0.296 e. The fourth-order valence-electron chi connectivity index (χ4n) is 11.4. The van der Waals surface area contributed by atoms with Crippen LogP contribution in [0.25, 0.3) is 0 Å². The molecule has 3 fully saturated rings. The van der Waals surface area contributed by atoms with Crippen LogP contribution in [0.3, 0.4) is 0 Å². The number of imide groups is 2. The summed E-state index contributed by atoms with van der Waals surface area (Å²) in [6.45, 7) is 15.6. The molecule has 0 saturated carbocycles. The lowest BCUT2D eigenvalue weighted by Crippen LogP contribution is -2.63. The molecule has 3 aliphatic rings. The van der Waals surface area contributed by atoms with Crippen LogP contribution in [-0.4, -0.2) is 69.0 Å². The number of unbranched alkanes of at least 4 members (excludes halogenated alkanes) is 15. The summed E-state index contributed by atoms with van der Waals surface area (Å²) >= 11 is 0. The normalized spacial score (nSPS) is 24.3. The summed E-state index contributed by atoms with van der Waals surface area (Å²) in [6, 6.07) is 20.1. The molecule has 2 aromatic rings. The highest BCUT2D eigenvalue weighted by Crippen LogP contribution is 2.48. The van der Waals surface area contributed by atoms with Crippen LogP contribution in [0.15, 0.2) is 60.7 Å². The van der Waals surface area contributed by atoms with Gasteiger partial charge in [0.15, 0.2) is 0 Å². The molecule has 0 radical (unpaired) electrons. The maximum atomic E-state index is 14.9. The molecule has 3 aliphatic heterocycles. The van der Waals surface area contributed by atoms with Crippen molar-refractivity contribution in [3.8, 4) is 0 Å². The predicted octanol–water partition coefficient (Wildman–Crippen LogP) is 12.5. The van der Waals surface area contributed by atoms with Gasteiger partial charge in [0.2, 0.25) is 23.6 Å². The van der Waals surface area contributed by atoms with Crippen LogP contribution in [0.1, 0.15) is 200 Å². The number of likely N-dealkylation sites (tertiary alicyclic amines) is 3. The van der Waals surface area contributed by atoms with E-state index in [0.717, 1.165) is 43.2 Å². The van der Waals surface area contributed by atoms with Crippen LogP contribution in [0.4, 0.5) is 0 Å². The molecule has 6 atom stereocenters. The number of rotatable bonds is 25. The minimum absolute atomic E-state index is 0.0672. The first-order chi connectivity index (χ1) is 29.2. The Labute approximate surface area is 371 Å². The first-order valence-corrected chi connectivity index (χ1v) is 24.8. The summed E-state index contributed by atoms with van der Waals surface area (Å²) in [4.78, 5) is 63.9. The van der Waals surface area contributed by atoms with Gasteiger partial charge in [0.05, 0.1) is 17.8 Å². The summed E-state index contributed by atoms with van der Waals surface area (Å²) < 4.78 is 0. The van der Waals surface area contributed by atoms with Crippen molar-refractivity contribution in [2.45, 2.75) is 206 Å². The first kappa shape index (κ1) is 48.7. The van der Waals surface area contributed by atoms with Gasteiger partial charge in [-0.15, -0.1) is 0 Å². The Morgan fingerprint density at radius 2 is 1.03 bits per heavy atom. The van der Waals surface area contributed by atoms with Gasteiger partial charge in [-0.05, 0) is 89.8 Å². The van der Waals surface area contributed by atoms with Crippen molar-refractivity contribution in [1.82, 2.24) is 14.7 Å². The van der Waals surface area contributed by atoms with E-state index in [1.807, 2.05) is 55.5 Å². The van der Waals surface area contributed by atoms with E-state index < -0.39 is 23.7 Å². The van der Waals surface area contributed by atoms with Gasteiger partial charge in [-0.1, -0.05) is 178 Å². The molecule has 0 aliphatic carbocycles. The molecule has 7 nitrogen and oxygen atoms in total. The SMILES string of the molecule is CCCCCCCCCCCCCCCCCCN1C(=O)C(CC(C)c2ccccc2)C(C(CC2C(=O)N(C3CC(C)(C)N(C)C(C)(C)C3)C(=O)C2C)c2ccccc2)C1=O. The van der Waals surface area contributed by atoms with Crippen molar-refractivity contribution in [1.29, 1.82) is 0 Å². The molecule has 0 bridgehead atoms. The third-order valence-corrected chi connectivity index (χ3v) is 15.4. The molecule has 7 heteroatoms. The predicted molar refractivity (Wildman–Crippen MR) is 250 cm³/mol. The van der Waals surface area contributed by atoms with Gasteiger partial charge in [0.1, 0.15) is 0 Å². The Hall–Kier alpha value is -3.32. The van der Waals surface area contributed by atoms with Crippen LogP contribution in [-0.2, 0) is 19.2 Å². The highest BCUT2D eigenvalue weighted by atomic mass is 16.2. The molecule has 6 unspecified atom stereocenters. The van der Waals surface area contributed by atoms with Gasteiger partial charge in [-0.25, -0.2) is 0 Å². The summed E-state index contributed by atoms with van der Waals surface area (Å²) in [6.07, 6.45) is 22.7. The Balaban J connectivity index is 1.26. The highest BCUT2D eigenvalue weighted by molar-refractivity contribution is 6.07. The molecule has 61 heavy (non-hydrogen) atoms. The van der Waals surface area contributed by atoms with E-state index in [1.54, 1.807) is 9.80 Å². The van der Waals surface area contributed by atoms with Crippen LogP contribution in [0, 0.1) is 23.7 Å². The second-order valence-corrected chi connectivity index (χ2v) is 20.8. The van der Waals surface area contributed by atoms with E-state index in [-0.39, 0.29) is 52.6 Å². The largest absolute Gasteiger partial charge is 0.296 e. The smallest absolute Gasteiger partial charge is 0.233 e. The Morgan fingerprint density at radius 1 is 0.574 bits per heavy atom. The zero-order valence-corrected chi connectivity index (χ0v) is 39.6. The molecule has 3 saturated heterocycles. The van der Waals surface area contributed by atoms with E-state index in [0.29, 0.717) is 19.4 Å². The topological polar surface area (TPSA) is 78.0 Å². The molecule has 4 amide bonds. The van der Waals surface area contributed by atoms with E-state index in [1.165, 1.54) is 83.5 Å². The number of amides is 4. The van der Waals surface area contributed by atoms with Gasteiger partial charge in [-0.2, -0.15) is 0 Å². The lowest BCUT2D eigenvalue weighted by atomic mass is 9.71. The van der Waals surface area contributed by atoms with E-state index in [4.69, 9.17) is 0 Å². The first-order valence-electron chi connectivity index (χ1n) is 24.8. The third kappa shape index (κ3) is 12.4. The fraction of sp³-hybridized carbons (Fsp3) is 0.704. The van der Waals surface area contributed by atoms with Gasteiger partial charge in [0, 0.05) is 29.6 Å². The average Bonchev–Trinajstić information content (AvgIpc) is 3.59. The zero-order chi connectivity index (χ0) is 44.2. The molecule has 5 rings (SSSR count). The summed E-state index contributed by atoms with van der Waals surface area (Å²) in [7, 11) is 2.14. The zero-order valence-electron chi connectivity index (χ0n) is 39.6. The average molecular weight is 838 g/mol. The maximum absolute atomic E-state index is 14.9. The van der Waals surface area contributed by atoms with E-state index in [2.05, 4.69) is 65.6 Å². The Bertz CT molecular complexity index is 1670. The molecule has 3 heterocycles. The van der Waals surface area contributed by atoms with Gasteiger partial charge >= 0.3 is 0 Å². The number of benzene rings is 2. The lowest BCUT2D eigenvalue weighted by molar-refractivity contribution is -0.148. The third-order valence-electron chi connectivity index (χ3n) is 15.4. The van der Waals surface area contributed by atoms with Gasteiger partial charge in [-0.3, -0.25) is 33.9 Å². The lowest BCUT2D eigenvalue weighted by Gasteiger charge is -2.54. The number of hydrogen-bond donors (Lipinski definition) is 0. The standard InChI is InChI=1S/C54H83N3O4/c1-9-10-11-12-13-14-15-16-17-18-19-20-21-22-23-30-35-56-50(59)47(36-40(2)42-31-26-24-27-32-42)48(52(56)61)46(43-33-28-25-29-34-43)37-45-41(3)49(58)57(51(45)60)44-38-53(4,5)55(8)54(6,7)39-44/h24-29,31-34,40-41,44-48H,9-23,30,35-39H2,1-8H3. The summed E-state index contributed by atoms with van der Waals surface area (Å²) in [5.41, 5.74) is 1.74. The van der Waals surface area contributed by atoms with Gasteiger partial charge < -0.3 is 0 Å². The second-order valence-electron chi connectivity index (χ2n) is 20.8. The number of piperidine rings is 1. The van der Waals surface area contributed by atoms with Crippen molar-refractivity contribution in [3.63, 3.8) is 0 Å². The van der Waals surface area contributed by atoms with Crippen LogP contribution >= 0.6 is 0 Å². The Morgan fingerprint density at radius 3 is 1.52 bits per heavy atom. The summed E-state index contributed by atoms with van der Waals surface area (Å²) in [5, 5.41) is 0. The van der Waals surface area contributed by atoms with Crippen LogP contribution in [0.2, 0.25) is 0 Å². The number of nitrogens with zero attached hydrogens (tertiary/aromatic N) is 3. The number of hydrogen-bond acceptors (Lipinski definition) is 5. The van der Waals surface area contributed by atoms with Crippen molar-refractivity contribution in [2.75, 3.05) is 13.6 Å². The molecule has 338 valence electrons. The monoisotopic (exact) mass is 838 g/mol. The molecule has 0 N–H and O–H groups in total. The Kier molecular flexibility index (Phi) is 18.3. The van der Waals surface area contributed by atoms with Crippen molar-refractivity contribution >= 4 is 23.6 Å².